The predicted molar refractivity (Wildman–Crippen MR) is 87.6 cm³/mol. The molecule has 0 bridgehead atoms. The van der Waals surface area contributed by atoms with Gasteiger partial charge in [-0.2, -0.15) is 4.58 Å². The normalized spacial score (nSPS) is 16.9. The van der Waals surface area contributed by atoms with Gasteiger partial charge in [-0.05, 0) is 57.0 Å². The fraction of sp³-hybridized carbons (Fsp3) is 0.421. The second-order valence-electron chi connectivity index (χ2n) is 6.59. The average molecular weight is 266 g/mol. The summed E-state index contributed by atoms with van der Waals surface area (Å²) >= 11 is 0. The molecule has 0 fully saturated rings. The monoisotopic (exact) mass is 266 g/mol. The largest absolute Gasteiger partial charge is 0.210 e. The van der Waals surface area contributed by atoms with Crippen LogP contribution < -0.4 is 0 Å². The minimum Gasteiger partial charge on any atom is -0.199 e. The third-order valence-electron chi connectivity index (χ3n) is 5.01. The van der Waals surface area contributed by atoms with Gasteiger partial charge in [-0.15, -0.1) is 0 Å². The molecule has 0 aromatic heterocycles. The molecule has 20 heavy (non-hydrogen) atoms. The molecule has 0 saturated heterocycles. The van der Waals surface area contributed by atoms with E-state index in [2.05, 4.69) is 70.4 Å². The van der Waals surface area contributed by atoms with Crippen LogP contribution in [-0.2, 0) is 5.41 Å². The van der Waals surface area contributed by atoms with Gasteiger partial charge >= 0.3 is 0 Å². The van der Waals surface area contributed by atoms with E-state index < -0.39 is 0 Å². The molecule has 1 aliphatic rings. The molecule has 104 valence electrons. The first kappa shape index (κ1) is 13.4. The minimum atomic E-state index is 0.116. The van der Waals surface area contributed by atoms with Gasteiger partial charge in [0, 0.05) is 18.6 Å². The summed E-state index contributed by atoms with van der Waals surface area (Å²) in [7, 11) is 0. The Morgan fingerprint density at radius 1 is 1.00 bits per heavy atom. The fourth-order valence-electron chi connectivity index (χ4n) is 3.78. The van der Waals surface area contributed by atoms with Gasteiger partial charge in [-0.25, -0.2) is 0 Å². The lowest BCUT2D eigenvalue weighted by Gasteiger charge is -2.18. The number of nitrogens with zero attached hydrogens (tertiary/aromatic N) is 1. The maximum atomic E-state index is 2.46. The standard InChI is InChI=1S/C19H24N/c1-7-20-14(4)19(5,6)18-16-11-12(2)10-13(3)15(16)8-9-17(18)20/h8-11H,7H2,1-6H3/q+1. The molecular weight excluding hydrogens is 242 g/mol. The van der Waals surface area contributed by atoms with Gasteiger partial charge in [0.25, 0.3) is 0 Å². The summed E-state index contributed by atoms with van der Waals surface area (Å²) in [6, 6.07) is 9.24. The van der Waals surface area contributed by atoms with E-state index in [0.717, 1.165) is 6.54 Å². The van der Waals surface area contributed by atoms with Crippen molar-refractivity contribution < 1.29 is 4.58 Å². The van der Waals surface area contributed by atoms with Gasteiger partial charge in [-0.1, -0.05) is 17.7 Å². The first-order valence-corrected chi connectivity index (χ1v) is 7.54. The number of aryl methyl sites for hydroxylation is 2. The molecule has 0 N–H and O–H groups in total. The Balaban J connectivity index is 2.47. The van der Waals surface area contributed by atoms with E-state index in [-0.39, 0.29) is 5.41 Å². The second-order valence-corrected chi connectivity index (χ2v) is 6.59. The number of hydrogen-bond acceptors (Lipinski definition) is 0. The van der Waals surface area contributed by atoms with Crippen LogP contribution in [0.15, 0.2) is 24.3 Å². The highest BCUT2D eigenvalue weighted by Gasteiger charge is 2.43. The van der Waals surface area contributed by atoms with E-state index >= 15 is 0 Å². The summed E-state index contributed by atoms with van der Waals surface area (Å²) in [5.74, 6) is 0. The molecule has 1 heterocycles. The van der Waals surface area contributed by atoms with Gasteiger partial charge in [0.05, 0.1) is 5.41 Å². The average Bonchev–Trinajstić information content (AvgIpc) is 2.57. The van der Waals surface area contributed by atoms with Crippen molar-refractivity contribution in [3.63, 3.8) is 0 Å². The highest BCUT2D eigenvalue weighted by atomic mass is 15.0. The lowest BCUT2D eigenvalue weighted by Crippen LogP contribution is -2.26. The number of benzene rings is 2. The Labute approximate surface area is 121 Å². The lowest BCUT2D eigenvalue weighted by molar-refractivity contribution is -0.434. The van der Waals surface area contributed by atoms with E-state index in [1.54, 1.807) is 0 Å². The van der Waals surface area contributed by atoms with Crippen LogP contribution in [0.2, 0.25) is 0 Å². The highest BCUT2D eigenvalue weighted by molar-refractivity contribution is 6.02. The van der Waals surface area contributed by atoms with Crippen LogP contribution in [-0.4, -0.2) is 16.8 Å². The molecule has 0 atom stereocenters. The van der Waals surface area contributed by atoms with Crippen molar-refractivity contribution in [1.82, 2.24) is 0 Å². The van der Waals surface area contributed by atoms with Crippen LogP contribution in [0.25, 0.3) is 10.8 Å². The molecule has 1 heteroatoms. The van der Waals surface area contributed by atoms with Crippen LogP contribution >= 0.6 is 0 Å². The number of rotatable bonds is 1. The summed E-state index contributed by atoms with van der Waals surface area (Å²) < 4.78 is 2.46. The lowest BCUT2D eigenvalue weighted by atomic mass is 9.79. The summed E-state index contributed by atoms with van der Waals surface area (Å²) in [5, 5.41) is 2.83. The van der Waals surface area contributed by atoms with Crippen LogP contribution in [0.5, 0.6) is 0 Å². The van der Waals surface area contributed by atoms with Crippen LogP contribution in [0.4, 0.5) is 5.69 Å². The molecule has 0 unspecified atom stereocenters. The maximum absolute atomic E-state index is 2.46. The predicted octanol–water partition coefficient (Wildman–Crippen LogP) is 4.87. The zero-order valence-corrected chi connectivity index (χ0v) is 13.5. The number of fused-ring (bicyclic) bond motifs is 3. The SMILES string of the molecule is CC[N+]1=C(C)C(C)(C)c2c1ccc1c(C)cc(C)cc21. The molecular formula is C19H24N+. The maximum Gasteiger partial charge on any atom is 0.210 e. The van der Waals surface area contributed by atoms with Crippen molar-refractivity contribution >= 4 is 22.2 Å². The third kappa shape index (κ3) is 1.59. The third-order valence-corrected chi connectivity index (χ3v) is 5.01. The van der Waals surface area contributed by atoms with Crippen LogP contribution in [0.3, 0.4) is 0 Å². The van der Waals surface area contributed by atoms with Crippen molar-refractivity contribution in [2.75, 3.05) is 6.54 Å². The van der Waals surface area contributed by atoms with Gasteiger partial charge < -0.3 is 0 Å². The van der Waals surface area contributed by atoms with E-state index in [0.29, 0.717) is 0 Å². The molecule has 0 amide bonds. The zero-order chi connectivity index (χ0) is 14.7. The number of hydrogen-bond donors (Lipinski definition) is 0. The van der Waals surface area contributed by atoms with E-state index in [1.165, 1.54) is 38.9 Å². The van der Waals surface area contributed by atoms with Gasteiger partial charge in [0.15, 0.2) is 5.71 Å². The van der Waals surface area contributed by atoms with Crippen molar-refractivity contribution in [2.24, 2.45) is 0 Å². The fourth-order valence-corrected chi connectivity index (χ4v) is 3.78. The molecule has 1 nitrogen and oxygen atoms in total. The van der Waals surface area contributed by atoms with Crippen molar-refractivity contribution in [3.05, 3.63) is 41.0 Å². The smallest absolute Gasteiger partial charge is 0.199 e. The Bertz CT molecular complexity index is 748. The summed E-state index contributed by atoms with van der Waals surface area (Å²) in [6.07, 6.45) is 0. The Hall–Kier alpha value is -1.63. The molecule has 0 saturated carbocycles. The van der Waals surface area contributed by atoms with Gasteiger partial charge in [-0.3, -0.25) is 0 Å². The first-order chi connectivity index (χ1) is 9.37. The zero-order valence-electron chi connectivity index (χ0n) is 13.5. The van der Waals surface area contributed by atoms with Crippen LogP contribution in [0, 0.1) is 13.8 Å². The summed E-state index contributed by atoms with van der Waals surface area (Å²) in [5.41, 5.74) is 7.21. The van der Waals surface area contributed by atoms with Crippen LogP contribution in [0.1, 0.15) is 44.4 Å². The Morgan fingerprint density at radius 3 is 2.35 bits per heavy atom. The van der Waals surface area contributed by atoms with E-state index in [1.807, 2.05) is 0 Å². The van der Waals surface area contributed by atoms with Gasteiger partial charge in [0.2, 0.25) is 5.69 Å². The molecule has 2 aromatic rings. The topological polar surface area (TPSA) is 3.01 Å². The Kier molecular flexibility index (Phi) is 2.79. The molecule has 0 radical (unpaired) electrons. The molecule has 3 rings (SSSR count). The summed E-state index contributed by atoms with van der Waals surface area (Å²) in [6.45, 7) is 14.7. The van der Waals surface area contributed by atoms with E-state index in [4.69, 9.17) is 0 Å². The Morgan fingerprint density at radius 2 is 1.70 bits per heavy atom. The highest BCUT2D eigenvalue weighted by Crippen LogP contribution is 2.44. The quantitative estimate of drug-likeness (QED) is 0.648. The van der Waals surface area contributed by atoms with Crippen molar-refractivity contribution in [1.29, 1.82) is 0 Å². The summed E-state index contributed by atoms with van der Waals surface area (Å²) in [4.78, 5) is 0. The molecule has 0 aliphatic carbocycles. The first-order valence-electron chi connectivity index (χ1n) is 7.54. The van der Waals surface area contributed by atoms with Gasteiger partial charge in [0.1, 0.15) is 6.54 Å². The molecule has 2 aromatic carbocycles. The second kappa shape index (κ2) is 4.18. The van der Waals surface area contributed by atoms with Crippen molar-refractivity contribution in [2.45, 2.75) is 47.0 Å². The molecule has 0 spiro atoms. The van der Waals surface area contributed by atoms with Crippen molar-refractivity contribution in [3.8, 4) is 0 Å². The van der Waals surface area contributed by atoms with E-state index in [9.17, 15) is 0 Å². The molecule has 1 aliphatic heterocycles. The minimum absolute atomic E-state index is 0.116.